The van der Waals surface area contributed by atoms with Crippen molar-refractivity contribution in [3.8, 4) is 0 Å². The summed E-state index contributed by atoms with van der Waals surface area (Å²) in [7, 11) is 2.02. The number of nitrogens with zero attached hydrogens (tertiary/aromatic N) is 2. The third kappa shape index (κ3) is 4.73. The Morgan fingerprint density at radius 1 is 1.33 bits per heavy atom. The Bertz CT molecular complexity index is 371. The van der Waals surface area contributed by atoms with Crippen LogP contribution in [0.5, 0.6) is 0 Å². The zero-order valence-corrected chi connectivity index (χ0v) is 13.8. The smallest absolute Gasteiger partial charge is 0.0738 e. The minimum atomic E-state index is 0.677. The molecule has 104 valence electrons. The number of aromatic nitrogens is 2. The number of rotatable bonds is 7. The Labute approximate surface area is 119 Å². The van der Waals surface area contributed by atoms with Crippen molar-refractivity contribution >= 4 is 15.9 Å². The van der Waals surface area contributed by atoms with Crippen molar-refractivity contribution in [2.24, 2.45) is 18.9 Å². The van der Waals surface area contributed by atoms with E-state index >= 15 is 0 Å². The summed E-state index contributed by atoms with van der Waals surface area (Å²) in [4.78, 5) is 0. The lowest BCUT2D eigenvalue weighted by atomic mass is 10.0. The summed E-state index contributed by atoms with van der Waals surface area (Å²) in [6, 6.07) is 0. The molecular formula is C14H26BrN3. The SMILES string of the molecule is Cc1nn(C)c(CC(C)CCNCC(C)C)c1Br. The van der Waals surface area contributed by atoms with E-state index < -0.39 is 0 Å². The van der Waals surface area contributed by atoms with Gasteiger partial charge in [-0.15, -0.1) is 0 Å². The third-order valence-electron chi connectivity index (χ3n) is 3.17. The molecule has 18 heavy (non-hydrogen) atoms. The van der Waals surface area contributed by atoms with Crippen molar-refractivity contribution < 1.29 is 0 Å². The summed E-state index contributed by atoms with van der Waals surface area (Å²) in [5.41, 5.74) is 2.39. The molecule has 0 aliphatic heterocycles. The number of nitrogens with one attached hydrogen (secondary N) is 1. The number of halogens is 1. The lowest BCUT2D eigenvalue weighted by molar-refractivity contribution is 0.464. The normalized spacial score (nSPS) is 13.3. The molecule has 1 aromatic heterocycles. The van der Waals surface area contributed by atoms with E-state index in [4.69, 9.17) is 0 Å². The Morgan fingerprint density at radius 2 is 2.00 bits per heavy atom. The molecule has 1 atom stereocenters. The standard InChI is InChI=1S/C14H26BrN3/c1-10(2)9-16-7-6-11(3)8-13-14(15)12(4)17-18(13)5/h10-11,16H,6-9H2,1-5H3. The van der Waals surface area contributed by atoms with Crippen LogP contribution in [0.2, 0.25) is 0 Å². The van der Waals surface area contributed by atoms with Gasteiger partial charge in [0.1, 0.15) is 0 Å². The average molecular weight is 316 g/mol. The molecule has 0 aliphatic carbocycles. The van der Waals surface area contributed by atoms with Gasteiger partial charge in [-0.3, -0.25) is 4.68 Å². The summed E-state index contributed by atoms with van der Waals surface area (Å²) >= 11 is 3.63. The van der Waals surface area contributed by atoms with Gasteiger partial charge >= 0.3 is 0 Å². The molecule has 0 amide bonds. The van der Waals surface area contributed by atoms with Gasteiger partial charge in [0, 0.05) is 7.05 Å². The minimum Gasteiger partial charge on any atom is -0.316 e. The molecule has 1 N–H and O–H groups in total. The second-order valence-corrected chi connectivity index (χ2v) is 6.46. The van der Waals surface area contributed by atoms with E-state index in [2.05, 4.69) is 47.1 Å². The molecule has 0 bridgehead atoms. The highest BCUT2D eigenvalue weighted by molar-refractivity contribution is 9.10. The molecule has 4 heteroatoms. The quantitative estimate of drug-likeness (QED) is 0.782. The average Bonchev–Trinajstić information content (AvgIpc) is 2.51. The zero-order valence-electron chi connectivity index (χ0n) is 12.3. The number of hydrogen-bond donors (Lipinski definition) is 1. The zero-order chi connectivity index (χ0) is 13.7. The van der Waals surface area contributed by atoms with Crippen molar-refractivity contribution in [2.45, 2.75) is 40.5 Å². The summed E-state index contributed by atoms with van der Waals surface area (Å²) in [6.45, 7) is 11.1. The van der Waals surface area contributed by atoms with Gasteiger partial charge in [-0.05, 0) is 60.6 Å². The minimum absolute atomic E-state index is 0.677. The lowest BCUT2D eigenvalue weighted by Crippen LogP contribution is -2.22. The van der Waals surface area contributed by atoms with E-state index in [1.807, 2.05) is 18.7 Å². The maximum Gasteiger partial charge on any atom is 0.0738 e. The molecule has 0 saturated heterocycles. The van der Waals surface area contributed by atoms with Crippen LogP contribution in [0.15, 0.2) is 4.47 Å². The van der Waals surface area contributed by atoms with Gasteiger partial charge in [0.15, 0.2) is 0 Å². The predicted molar refractivity (Wildman–Crippen MR) is 80.8 cm³/mol. The fraction of sp³-hybridized carbons (Fsp3) is 0.786. The highest BCUT2D eigenvalue weighted by atomic mass is 79.9. The fourth-order valence-corrected chi connectivity index (χ4v) is 2.57. The van der Waals surface area contributed by atoms with Gasteiger partial charge in [0.05, 0.1) is 15.9 Å². The molecule has 1 unspecified atom stereocenters. The van der Waals surface area contributed by atoms with E-state index in [1.165, 1.54) is 16.6 Å². The van der Waals surface area contributed by atoms with Gasteiger partial charge in [0.25, 0.3) is 0 Å². The first-order valence-corrected chi connectivity index (χ1v) is 7.59. The van der Waals surface area contributed by atoms with Crippen LogP contribution in [0.25, 0.3) is 0 Å². The summed E-state index contributed by atoms with van der Waals surface area (Å²) in [6.07, 6.45) is 2.30. The second kappa shape index (κ2) is 7.29. The maximum atomic E-state index is 4.44. The third-order valence-corrected chi connectivity index (χ3v) is 4.20. The van der Waals surface area contributed by atoms with Crippen LogP contribution in [-0.4, -0.2) is 22.9 Å². The van der Waals surface area contributed by atoms with Gasteiger partial charge in [-0.2, -0.15) is 5.10 Å². The highest BCUT2D eigenvalue weighted by Crippen LogP contribution is 2.23. The molecule has 0 spiro atoms. The Kier molecular flexibility index (Phi) is 6.36. The fourth-order valence-electron chi connectivity index (χ4n) is 2.07. The predicted octanol–water partition coefficient (Wildman–Crippen LogP) is 3.31. The first-order valence-electron chi connectivity index (χ1n) is 6.80. The van der Waals surface area contributed by atoms with Gasteiger partial charge in [-0.1, -0.05) is 20.8 Å². The van der Waals surface area contributed by atoms with E-state index in [-0.39, 0.29) is 0 Å². The van der Waals surface area contributed by atoms with Crippen molar-refractivity contribution in [1.29, 1.82) is 0 Å². The molecule has 0 aliphatic rings. The lowest BCUT2D eigenvalue weighted by Gasteiger charge is -2.13. The van der Waals surface area contributed by atoms with Crippen LogP contribution in [-0.2, 0) is 13.5 Å². The van der Waals surface area contributed by atoms with E-state index in [0.29, 0.717) is 5.92 Å². The van der Waals surface area contributed by atoms with Crippen molar-refractivity contribution in [2.75, 3.05) is 13.1 Å². The molecule has 0 radical (unpaired) electrons. The van der Waals surface area contributed by atoms with Crippen molar-refractivity contribution in [3.05, 3.63) is 15.9 Å². The van der Waals surface area contributed by atoms with Crippen molar-refractivity contribution in [1.82, 2.24) is 15.1 Å². The van der Waals surface area contributed by atoms with Crippen LogP contribution in [0.3, 0.4) is 0 Å². The van der Waals surface area contributed by atoms with Crippen LogP contribution in [0, 0.1) is 18.8 Å². The monoisotopic (exact) mass is 315 g/mol. The molecule has 1 aromatic rings. The summed E-state index contributed by atoms with van der Waals surface area (Å²) < 4.78 is 3.17. The summed E-state index contributed by atoms with van der Waals surface area (Å²) in [5.74, 6) is 1.41. The Balaban J connectivity index is 2.38. The van der Waals surface area contributed by atoms with E-state index in [9.17, 15) is 0 Å². The van der Waals surface area contributed by atoms with Crippen molar-refractivity contribution in [3.63, 3.8) is 0 Å². The first kappa shape index (κ1) is 15.7. The number of hydrogen-bond acceptors (Lipinski definition) is 2. The second-order valence-electron chi connectivity index (χ2n) is 5.67. The topological polar surface area (TPSA) is 29.9 Å². The highest BCUT2D eigenvalue weighted by Gasteiger charge is 2.13. The van der Waals surface area contributed by atoms with Crippen LogP contribution < -0.4 is 5.32 Å². The molecule has 1 rings (SSSR count). The van der Waals surface area contributed by atoms with Gasteiger partial charge in [-0.25, -0.2) is 0 Å². The molecule has 0 fully saturated rings. The summed E-state index contributed by atoms with van der Waals surface area (Å²) in [5, 5.41) is 7.94. The maximum absolute atomic E-state index is 4.44. The largest absolute Gasteiger partial charge is 0.316 e. The molecule has 0 aromatic carbocycles. The Morgan fingerprint density at radius 3 is 2.50 bits per heavy atom. The molecular weight excluding hydrogens is 290 g/mol. The first-order chi connectivity index (χ1) is 8.41. The molecule has 1 heterocycles. The number of aryl methyl sites for hydroxylation is 2. The Hall–Kier alpha value is -0.350. The molecule has 3 nitrogen and oxygen atoms in total. The van der Waals surface area contributed by atoms with Crippen LogP contribution in [0.1, 0.15) is 38.6 Å². The van der Waals surface area contributed by atoms with Gasteiger partial charge < -0.3 is 5.32 Å². The van der Waals surface area contributed by atoms with E-state index in [1.54, 1.807) is 0 Å². The van der Waals surface area contributed by atoms with Crippen LogP contribution >= 0.6 is 15.9 Å². The van der Waals surface area contributed by atoms with E-state index in [0.717, 1.165) is 31.1 Å². The van der Waals surface area contributed by atoms with Gasteiger partial charge in [0.2, 0.25) is 0 Å². The van der Waals surface area contributed by atoms with Crippen LogP contribution in [0.4, 0.5) is 0 Å². The molecule has 0 saturated carbocycles.